The van der Waals surface area contributed by atoms with Crippen LogP contribution in [0.5, 0.6) is 11.6 Å². The number of ether oxygens (including phenoxy) is 1. The van der Waals surface area contributed by atoms with Gasteiger partial charge in [-0.15, -0.1) is 0 Å². The lowest BCUT2D eigenvalue weighted by Gasteiger charge is -2.13. The van der Waals surface area contributed by atoms with Crippen molar-refractivity contribution in [2.45, 2.75) is 25.8 Å². The average molecular weight is 388 g/mol. The Balaban J connectivity index is 2.00. The Labute approximate surface area is 141 Å². The van der Waals surface area contributed by atoms with Gasteiger partial charge in [-0.1, -0.05) is 23.2 Å². The monoisotopic (exact) mass is 386 g/mol. The maximum absolute atomic E-state index is 6.19. The van der Waals surface area contributed by atoms with Crippen molar-refractivity contribution in [1.82, 2.24) is 4.98 Å². The second-order valence-electron chi connectivity index (χ2n) is 4.91. The molecule has 0 unspecified atom stereocenters. The largest absolute Gasteiger partial charge is 0.437 e. The molecule has 0 amide bonds. The lowest BCUT2D eigenvalue weighted by atomic mass is 10.1. The molecule has 6 heteroatoms. The Morgan fingerprint density at radius 1 is 1.19 bits per heavy atom. The number of aryl methyl sites for hydroxylation is 2. The minimum absolute atomic E-state index is 0.373. The third kappa shape index (κ3) is 3.04. The molecule has 2 aromatic rings. The van der Waals surface area contributed by atoms with Gasteiger partial charge in [0.05, 0.1) is 10.0 Å². The highest BCUT2D eigenvalue weighted by Crippen LogP contribution is 2.37. The summed E-state index contributed by atoms with van der Waals surface area (Å²) < 4.78 is 6.59. The molecule has 21 heavy (non-hydrogen) atoms. The van der Waals surface area contributed by atoms with Gasteiger partial charge >= 0.3 is 0 Å². The minimum atomic E-state index is 0.373. The smallest absolute Gasteiger partial charge is 0.224 e. The van der Waals surface area contributed by atoms with Gasteiger partial charge in [-0.2, -0.15) is 0 Å². The fraction of sp³-hybridized carbons (Fsp3) is 0.267. The van der Waals surface area contributed by atoms with Crippen LogP contribution in [0.25, 0.3) is 0 Å². The standard InChI is InChI=1S/C15H13BrCl2N2O/c16-10-5-12(18)14(6-11(10)17)21-15-9(7-19)4-8-2-1-3-13(8)20-15/h4-6H,1-3,7,19H2. The Bertz CT molecular complexity index is 707. The molecular formula is C15H13BrCl2N2O. The summed E-state index contributed by atoms with van der Waals surface area (Å²) in [6, 6.07) is 5.46. The Hall–Kier alpha value is -0.810. The van der Waals surface area contributed by atoms with E-state index in [0.717, 1.165) is 35.0 Å². The van der Waals surface area contributed by atoms with Crippen molar-refractivity contribution in [3.63, 3.8) is 0 Å². The number of nitrogens with two attached hydrogens (primary N) is 1. The highest BCUT2D eigenvalue weighted by molar-refractivity contribution is 9.10. The average Bonchev–Trinajstić information content (AvgIpc) is 2.91. The van der Waals surface area contributed by atoms with Gasteiger partial charge < -0.3 is 10.5 Å². The van der Waals surface area contributed by atoms with E-state index in [9.17, 15) is 0 Å². The van der Waals surface area contributed by atoms with E-state index in [0.29, 0.717) is 28.2 Å². The van der Waals surface area contributed by atoms with Crippen LogP contribution >= 0.6 is 39.1 Å². The predicted octanol–water partition coefficient (Wildman–Crippen LogP) is 4.89. The molecule has 0 radical (unpaired) electrons. The van der Waals surface area contributed by atoms with Crippen molar-refractivity contribution in [2.24, 2.45) is 5.73 Å². The van der Waals surface area contributed by atoms with E-state index in [4.69, 9.17) is 33.7 Å². The van der Waals surface area contributed by atoms with Crippen LogP contribution in [-0.2, 0) is 19.4 Å². The van der Waals surface area contributed by atoms with Crippen LogP contribution in [0.15, 0.2) is 22.7 Å². The number of aromatic nitrogens is 1. The molecule has 3 nitrogen and oxygen atoms in total. The number of halogens is 3. The molecule has 0 saturated heterocycles. The van der Waals surface area contributed by atoms with E-state index >= 15 is 0 Å². The highest BCUT2D eigenvalue weighted by atomic mass is 79.9. The van der Waals surface area contributed by atoms with Crippen LogP contribution < -0.4 is 10.5 Å². The number of fused-ring (bicyclic) bond motifs is 1. The molecule has 3 rings (SSSR count). The molecule has 2 N–H and O–H groups in total. The summed E-state index contributed by atoms with van der Waals surface area (Å²) in [5.74, 6) is 0.989. The second kappa shape index (κ2) is 6.13. The fourth-order valence-corrected chi connectivity index (χ4v) is 3.25. The van der Waals surface area contributed by atoms with E-state index in [1.165, 1.54) is 5.56 Å². The minimum Gasteiger partial charge on any atom is -0.437 e. The first-order valence-corrected chi connectivity index (χ1v) is 8.17. The van der Waals surface area contributed by atoms with Gasteiger partial charge in [0.15, 0.2) is 0 Å². The first kappa shape index (κ1) is 15.1. The molecule has 110 valence electrons. The SMILES string of the molecule is NCc1cc2c(nc1Oc1cc(Cl)c(Br)cc1Cl)CCC2. The lowest BCUT2D eigenvalue weighted by Crippen LogP contribution is -2.04. The molecule has 1 aromatic carbocycles. The van der Waals surface area contributed by atoms with Gasteiger partial charge in [0, 0.05) is 28.3 Å². The lowest BCUT2D eigenvalue weighted by molar-refractivity contribution is 0.454. The molecule has 1 aliphatic rings. The third-order valence-electron chi connectivity index (χ3n) is 3.49. The molecule has 0 aliphatic heterocycles. The first-order valence-electron chi connectivity index (χ1n) is 6.62. The second-order valence-corrected chi connectivity index (χ2v) is 6.58. The van der Waals surface area contributed by atoms with Crippen molar-refractivity contribution < 1.29 is 4.74 Å². The zero-order chi connectivity index (χ0) is 15.0. The van der Waals surface area contributed by atoms with E-state index in [-0.39, 0.29) is 0 Å². The van der Waals surface area contributed by atoms with Crippen LogP contribution in [0.2, 0.25) is 10.0 Å². The third-order valence-corrected chi connectivity index (χ3v) is 4.98. The van der Waals surface area contributed by atoms with Crippen LogP contribution in [0.4, 0.5) is 0 Å². The molecule has 0 bridgehead atoms. The number of hydrogen-bond acceptors (Lipinski definition) is 3. The van der Waals surface area contributed by atoms with E-state index < -0.39 is 0 Å². The van der Waals surface area contributed by atoms with Gasteiger partial charge in [-0.3, -0.25) is 0 Å². The van der Waals surface area contributed by atoms with Crippen molar-refractivity contribution in [3.05, 3.63) is 49.5 Å². The Kier molecular flexibility index (Phi) is 4.41. The van der Waals surface area contributed by atoms with Crippen molar-refractivity contribution in [3.8, 4) is 11.6 Å². The molecule has 0 atom stereocenters. The first-order chi connectivity index (χ1) is 10.1. The molecule has 0 saturated carbocycles. The zero-order valence-corrected chi connectivity index (χ0v) is 14.2. The molecule has 1 heterocycles. The van der Waals surface area contributed by atoms with Crippen LogP contribution in [0.3, 0.4) is 0 Å². The number of rotatable bonds is 3. The molecular weight excluding hydrogens is 375 g/mol. The van der Waals surface area contributed by atoms with Crippen molar-refractivity contribution >= 4 is 39.1 Å². The Morgan fingerprint density at radius 3 is 2.76 bits per heavy atom. The van der Waals surface area contributed by atoms with E-state index in [2.05, 4.69) is 27.0 Å². The van der Waals surface area contributed by atoms with Crippen molar-refractivity contribution in [2.75, 3.05) is 0 Å². The number of pyridine rings is 1. The van der Waals surface area contributed by atoms with E-state index in [1.807, 2.05) is 0 Å². The molecule has 1 aliphatic carbocycles. The quantitative estimate of drug-likeness (QED) is 0.762. The summed E-state index contributed by atoms with van der Waals surface area (Å²) in [7, 11) is 0. The van der Waals surface area contributed by atoms with Gasteiger partial charge in [0.25, 0.3) is 0 Å². The van der Waals surface area contributed by atoms with E-state index in [1.54, 1.807) is 12.1 Å². The highest BCUT2D eigenvalue weighted by Gasteiger charge is 2.18. The van der Waals surface area contributed by atoms with Crippen LogP contribution in [-0.4, -0.2) is 4.98 Å². The fourth-order valence-electron chi connectivity index (χ4n) is 2.42. The van der Waals surface area contributed by atoms with Gasteiger partial charge in [-0.05, 0) is 52.9 Å². The summed E-state index contributed by atoms with van der Waals surface area (Å²) in [4.78, 5) is 4.60. The zero-order valence-electron chi connectivity index (χ0n) is 11.1. The predicted molar refractivity (Wildman–Crippen MR) is 88.4 cm³/mol. The Morgan fingerprint density at radius 2 is 2.00 bits per heavy atom. The molecule has 0 fully saturated rings. The summed E-state index contributed by atoms with van der Waals surface area (Å²) in [6.07, 6.45) is 3.16. The molecule has 1 aromatic heterocycles. The van der Waals surface area contributed by atoms with Gasteiger partial charge in [0.2, 0.25) is 5.88 Å². The maximum atomic E-state index is 6.19. The summed E-state index contributed by atoms with van der Waals surface area (Å²) in [5, 5.41) is 1.00. The van der Waals surface area contributed by atoms with Gasteiger partial charge in [0.1, 0.15) is 5.75 Å². The maximum Gasteiger partial charge on any atom is 0.224 e. The number of benzene rings is 1. The normalized spacial score (nSPS) is 13.3. The van der Waals surface area contributed by atoms with Crippen LogP contribution in [0.1, 0.15) is 23.2 Å². The summed E-state index contributed by atoms with van der Waals surface area (Å²) in [5.41, 5.74) is 9.04. The summed E-state index contributed by atoms with van der Waals surface area (Å²) >= 11 is 15.6. The van der Waals surface area contributed by atoms with Gasteiger partial charge in [-0.25, -0.2) is 4.98 Å². The number of nitrogens with zero attached hydrogens (tertiary/aromatic N) is 1. The van der Waals surface area contributed by atoms with Crippen molar-refractivity contribution in [1.29, 1.82) is 0 Å². The van der Waals surface area contributed by atoms with Crippen LogP contribution in [0, 0.1) is 0 Å². The molecule has 0 spiro atoms. The topological polar surface area (TPSA) is 48.1 Å². The number of hydrogen-bond donors (Lipinski definition) is 1. The summed E-state index contributed by atoms with van der Waals surface area (Å²) in [6.45, 7) is 0.373.